The Balaban J connectivity index is 2.78. The van der Waals surface area contributed by atoms with Gasteiger partial charge in [0.05, 0.1) is 5.75 Å². The topological polar surface area (TPSA) is 17.1 Å². The predicted molar refractivity (Wildman–Crippen MR) is 43.1 cm³/mol. The van der Waals surface area contributed by atoms with Crippen molar-refractivity contribution in [2.75, 3.05) is 5.75 Å². The summed E-state index contributed by atoms with van der Waals surface area (Å²) in [5, 5.41) is 0. The van der Waals surface area contributed by atoms with Gasteiger partial charge in [0.1, 0.15) is 17.9 Å². The molecular formula is C8H6F2OS. The quantitative estimate of drug-likeness (QED) is 0.534. The van der Waals surface area contributed by atoms with Crippen molar-refractivity contribution in [2.45, 2.75) is 4.90 Å². The molecule has 0 spiro atoms. The molecule has 64 valence electrons. The average Bonchev–Trinajstić information content (AvgIpc) is 2.03. The van der Waals surface area contributed by atoms with Gasteiger partial charge < -0.3 is 4.79 Å². The Hall–Kier alpha value is -0.900. The third-order valence-electron chi connectivity index (χ3n) is 1.20. The van der Waals surface area contributed by atoms with Gasteiger partial charge in [-0.05, 0) is 12.1 Å². The molecule has 0 aliphatic heterocycles. The first-order chi connectivity index (χ1) is 5.74. The van der Waals surface area contributed by atoms with E-state index in [9.17, 15) is 13.6 Å². The number of carbonyl (C=O) groups excluding carboxylic acids is 1. The molecule has 1 aromatic rings. The lowest BCUT2D eigenvalue weighted by molar-refractivity contribution is -0.105. The largest absolute Gasteiger partial charge is 0.302 e. The molecule has 0 saturated heterocycles. The monoisotopic (exact) mass is 188 g/mol. The summed E-state index contributed by atoms with van der Waals surface area (Å²) in [5.41, 5.74) is 0. The van der Waals surface area contributed by atoms with E-state index >= 15 is 0 Å². The van der Waals surface area contributed by atoms with Crippen LogP contribution in [0.15, 0.2) is 23.1 Å². The van der Waals surface area contributed by atoms with Gasteiger partial charge in [0.25, 0.3) is 0 Å². The second kappa shape index (κ2) is 4.21. The van der Waals surface area contributed by atoms with Gasteiger partial charge in [-0.3, -0.25) is 0 Å². The summed E-state index contributed by atoms with van der Waals surface area (Å²) in [4.78, 5) is 10.2. The van der Waals surface area contributed by atoms with Crippen LogP contribution < -0.4 is 0 Å². The maximum atomic E-state index is 12.8. The summed E-state index contributed by atoms with van der Waals surface area (Å²) in [6.45, 7) is 0. The molecule has 0 aliphatic carbocycles. The van der Waals surface area contributed by atoms with E-state index in [2.05, 4.69) is 0 Å². The highest BCUT2D eigenvalue weighted by molar-refractivity contribution is 7.99. The second-order valence-corrected chi connectivity index (χ2v) is 3.11. The predicted octanol–water partition coefficient (Wildman–Crippen LogP) is 2.26. The lowest BCUT2D eigenvalue weighted by Crippen LogP contribution is -1.85. The van der Waals surface area contributed by atoms with Crippen molar-refractivity contribution in [1.29, 1.82) is 0 Å². The minimum absolute atomic E-state index is 0.183. The van der Waals surface area contributed by atoms with Crippen LogP contribution in [0, 0.1) is 11.6 Å². The van der Waals surface area contributed by atoms with E-state index in [0.29, 0.717) is 11.2 Å². The molecule has 0 aromatic heterocycles. The molecule has 0 atom stereocenters. The second-order valence-electron chi connectivity index (χ2n) is 2.05. The maximum Gasteiger partial charge on any atom is 0.139 e. The van der Waals surface area contributed by atoms with E-state index in [1.54, 1.807) is 0 Å². The Morgan fingerprint density at radius 3 is 2.75 bits per heavy atom. The van der Waals surface area contributed by atoms with Crippen LogP contribution >= 0.6 is 11.8 Å². The molecular weight excluding hydrogens is 182 g/mol. The van der Waals surface area contributed by atoms with Gasteiger partial charge in [-0.15, -0.1) is 11.8 Å². The Morgan fingerprint density at radius 1 is 1.42 bits per heavy atom. The van der Waals surface area contributed by atoms with Crippen LogP contribution in [0.1, 0.15) is 0 Å². The van der Waals surface area contributed by atoms with E-state index < -0.39 is 11.6 Å². The van der Waals surface area contributed by atoms with Gasteiger partial charge in [0.2, 0.25) is 0 Å². The molecule has 0 unspecified atom stereocenters. The van der Waals surface area contributed by atoms with Gasteiger partial charge in [-0.25, -0.2) is 8.78 Å². The smallest absolute Gasteiger partial charge is 0.139 e. The van der Waals surface area contributed by atoms with Crippen molar-refractivity contribution < 1.29 is 13.6 Å². The van der Waals surface area contributed by atoms with Gasteiger partial charge in [-0.2, -0.15) is 0 Å². The SMILES string of the molecule is O=CCSc1ccc(F)cc1F. The standard InChI is InChI=1S/C8H6F2OS/c9-6-1-2-8(7(10)5-6)12-4-3-11/h1-3,5H,4H2. The number of thioether (sulfide) groups is 1. The van der Waals surface area contributed by atoms with Gasteiger partial charge >= 0.3 is 0 Å². The van der Waals surface area contributed by atoms with Crippen molar-refractivity contribution in [3.63, 3.8) is 0 Å². The number of halogens is 2. The number of rotatable bonds is 3. The summed E-state index contributed by atoms with van der Waals surface area (Å²) >= 11 is 1.05. The zero-order chi connectivity index (χ0) is 8.97. The molecule has 0 amide bonds. The Morgan fingerprint density at radius 2 is 2.17 bits per heavy atom. The highest BCUT2D eigenvalue weighted by Crippen LogP contribution is 2.21. The fraction of sp³-hybridized carbons (Fsp3) is 0.125. The lowest BCUT2D eigenvalue weighted by Gasteiger charge is -1.98. The fourth-order valence-corrected chi connectivity index (χ4v) is 1.32. The van der Waals surface area contributed by atoms with Crippen LogP contribution in [-0.4, -0.2) is 12.0 Å². The summed E-state index contributed by atoms with van der Waals surface area (Å²) in [6, 6.07) is 3.28. The van der Waals surface area contributed by atoms with Crippen molar-refractivity contribution in [2.24, 2.45) is 0 Å². The van der Waals surface area contributed by atoms with Crippen molar-refractivity contribution in [1.82, 2.24) is 0 Å². The Kier molecular flexibility index (Phi) is 3.22. The molecule has 0 bridgehead atoms. The minimum Gasteiger partial charge on any atom is -0.302 e. The Bertz CT molecular complexity index is 288. The third-order valence-corrected chi connectivity index (χ3v) is 2.15. The molecule has 1 rings (SSSR count). The fourth-order valence-electron chi connectivity index (χ4n) is 0.716. The number of carbonyl (C=O) groups is 1. The summed E-state index contributed by atoms with van der Waals surface area (Å²) < 4.78 is 25.1. The van der Waals surface area contributed by atoms with Crippen LogP contribution in [0.2, 0.25) is 0 Å². The maximum absolute atomic E-state index is 12.8. The molecule has 0 N–H and O–H groups in total. The minimum atomic E-state index is -0.623. The zero-order valence-electron chi connectivity index (χ0n) is 6.09. The number of hydrogen-bond acceptors (Lipinski definition) is 2. The van der Waals surface area contributed by atoms with E-state index in [-0.39, 0.29) is 5.75 Å². The molecule has 1 aromatic carbocycles. The van der Waals surface area contributed by atoms with Crippen molar-refractivity contribution in [3.05, 3.63) is 29.8 Å². The zero-order valence-corrected chi connectivity index (χ0v) is 6.91. The van der Waals surface area contributed by atoms with Gasteiger partial charge in [0.15, 0.2) is 0 Å². The van der Waals surface area contributed by atoms with Gasteiger partial charge in [-0.1, -0.05) is 0 Å². The van der Waals surface area contributed by atoms with Crippen LogP contribution in [0.4, 0.5) is 8.78 Å². The lowest BCUT2D eigenvalue weighted by atomic mass is 10.3. The van der Waals surface area contributed by atoms with E-state index in [1.165, 1.54) is 6.07 Å². The molecule has 4 heteroatoms. The summed E-state index contributed by atoms with van der Waals surface area (Å²) in [7, 11) is 0. The first-order valence-electron chi connectivity index (χ1n) is 3.25. The van der Waals surface area contributed by atoms with Crippen molar-refractivity contribution in [3.8, 4) is 0 Å². The van der Waals surface area contributed by atoms with Gasteiger partial charge in [0, 0.05) is 11.0 Å². The molecule has 0 fully saturated rings. The van der Waals surface area contributed by atoms with E-state index in [4.69, 9.17) is 0 Å². The van der Waals surface area contributed by atoms with E-state index in [0.717, 1.165) is 23.9 Å². The van der Waals surface area contributed by atoms with Crippen molar-refractivity contribution >= 4 is 18.0 Å². The summed E-state index contributed by atoms with van der Waals surface area (Å²) in [6.07, 6.45) is 0.674. The van der Waals surface area contributed by atoms with Crippen LogP contribution in [-0.2, 0) is 4.79 Å². The molecule has 1 nitrogen and oxygen atoms in total. The average molecular weight is 188 g/mol. The third kappa shape index (κ3) is 2.30. The molecule has 0 aliphatic rings. The van der Waals surface area contributed by atoms with Crippen LogP contribution in [0.3, 0.4) is 0 Å². The highest BCUT2D eigenvalue weighted by Gasteiger charge is 2.02. The number of benzene rings is 1. The van der Waals surface area contributed by atoms with Crippen LogP contribution in [0.25, 0.3) is 0 Å². The van der Waals surface area contributed by atoms with E-state index in [1.807, 2.05) is 0 Å². The number of aldehydes is 1. The van der Waals surface area contributed by atoms with Crippen LogP contribution in [0.5, 0.6) is 0 Å². The first-order valence-corrected chi connectivity index (χ1v) is 4.24. The molecule has 0 radical (unpaired) electrons. The number of hydrogen-bond donors (Lipinski definition) is 0. The Labute approximate surface area is 72.8 Å². The first kappa shape index (κ1) is 9.19. The molecule has 0 saturated carbocycles. The normalized spacial score (nSPS) is 9.83. The molecule has 0 heterocycles. The molecule has 12 heavy (non-hydrogen) atoms. The highest BCUT2D eigenvalue weighted by atomic mass is 32.2. The summed E-state index contributed by atoms with van der Waals surface area (Å²) in [5.74, 6) is -1.05.